The van der Waals surface area contributed by atoms with E-state index in [1.807, 2.05) is 25.1 Å². The first-order chi connectivity index (χ1) is 10.3. The first kappa shape index (κ1) is 16.3. The molecule has 114 valence electrons. The minimum atomic E-state index is -0.172. The normalized spacial score (nSPS) is 11.0. The van der Waals surface area contributed by atoms with E-state index < -0.39 is 0 Å². The van der Waals surface area contributed by atoms with Gasteiger partial charge in [-0.2, -0.15) is 0 Å². The van der Waals surface area contributed by atoms with Crippen LogP contribution in [0.3, 0.4) is 0 Å². The number of carbonyl (C=O) groups is 1. The first-order valence-electron chi connectivity index (χ1n) is 7.18. The van der Waals surface area contributed by atoms with Crippen molar-refractivity contribution in [3.63, 3.8) is 0 Å². The van der Waals surface area contributed by atoms with Crippen LogP contribution in [-0.2, 0) is 6.42 Å². The zero-order valence-electron chi connectivity index (χ0n) is 13.4. The van der Waals surface area contributed by atoms with Crippen molar-refractivity contribution in [2.24, 2.45) is 5.41 Å². The van der Waals surface area contributed by atoms with Crippen molar-refractivity contribution in [3.8, 4) is 0 Å². The molecule has 1 aromatic heterocycles. The number of hydrogen-bond donors (Lipinski definition) is 1. The molecule has 0 spiro atoms. The number of hydrogen-bond acceptors (Lipinski definition) is 2. The van der Waals surface area contributed by atoms with Crippen LogP contribution >= 0.6 is 11.3 Å². The molecule has 0 aliphatic carbocycles. The number of thiophene rings is 1. The Labute approximate surface area is 135 Å². The third-order valence-corrected chi connectivity index (χ3v) is 4.48. The Hall–Kier alpha value is -2.12. The SMILES string of the molecule is [C-]#[N+]c1c(NC(=O)c2ccccc2)sc(CC(C)(C)C)c1C. The summed E-state index contributed by atoms with van der Waals surface area (Å²) in [5, 5.41) is 3.54. The van der Waals surface area contributed by atoms with E-state index in [2.05, 4.69) is 30.9 Å². The lowest BCUT2D eigenvalue weighted by Gasteiger charge is -2.17. The number of benzene rings is 1. The molecule has 0 radical (unpaired) electrons. The first-order valence-corrected chi connectivity index (χ1v) is 7.99. The third kappa shape index (κ3) is 3.75. The van der Waals surface area contributed by atoms with Gasteiger partial charge in [-0.1, -0.05) is 39.0 Å². The highest BCUT2D eigenvalue weighted by Crippen LogP contribution is 2.42. The zero-order chi connectivity index (χ0) is 16.3. The van der Waals surface area contributed by atoms with Crippen molar-refractivity contribution in [1.29, 1.82) is 0 Å². The van der Waals surface area contributed by atoms with Crippen LogP contribution in [0.2, 0.25) is 0 Å². The van der Waals surface area contributed by atoms with Crippen LogP contribution in [0.15, 0.2) is 30.3 Å². The standard InChI is InChI=1S/C18H20N2OS/c1-12-14(11-18(2,3)4)22-17(15(12)19-5)20-16(21)13-9-7-6-8-10-13/h6-10H,11H2,1-4H3,(H,20,21). The Kier molecular flexibility index (Phi) is 4.68. The summed E-state index contributed by atoms with van der Waals surface area (Å²) in [5.41, 5.74) is 2.30. The van der Waals surface area contributed by atoms with Crippen LogP contribution in [0, 0.1) is 18.9 Å². The molecule has 22 heavy (non-hydrogen) atoms. The topological polar surface area (TPSA) is 33.5 Å². The highest BCUT2D eigenvalue weighted by atomic mass is 32.1. The molecule has 4 heteroatoms. The van der Waals surface area contributed by atoms with Crippen LogP contribution in [0.4, 0.5) is 10.7 Å². The average molecular weight is 312 g/mol. The molecular weight excluding hydrogens is 292 g/mol. The molecular formula is C18H20N2OS. The van der Waals surface area contributed by atoms with Gasteiger partial charge in [0, 0.05) is 5.56 Å². The Morgan fingerprint density at radius 1 is 1.27 bits per heavy atom. The molecule has 0 saturated carbocycles. The molecule has 2 rings (SSSR count). The van der Waals surface area contributed by atoms with Gasteiger partial charge in [0.1, 0.15) is 5.00 Å². The number of anilines is 1. The van der Waals surface area contributed by atoms with Crippen LogP contribution < -0.4 is 5.32 Å². The van der Waals surface area contributed by atoms with Gasteiger partial charge >= 0.3 is 0 Å². The van der Waals surface area contributed by atoms with Crippen molar-refractivity contribution >= 4 is 27.9 Å². The van der Waals surface area contributed by atoms with E-state index in [0.717, 1.165) is 12.0 Å². The monoisotopic (exact) mass is 312 g/mol. The van der Waals surface area contributed by atoms with E-state index in [1.165, 1.54) is 16.2 Å². The summed E-state index contributed by atoms with van der Waals surface area (Å²) in [7, 11) is 0. The molecule has 2 aromatic rings. The van der Waals surface area contributed by atoms with Gasteiger partial charge in [-0.25, -0.2) is 4.85 Å². The van der Waals surface area contributed by atoms with E-state index in [9.17, 15) is 4.79 Å². The smallest absolute Gasteiger partial charge is 0.255 e. The highest BCUT2D eigenvalue weighted by molar-refractivity contribution is 7.17. The Balaban J connectivity index is 2.30. The van der Waals surface area contributed by atoms with E-state index in [0.29, 0.717) is 16.3 Å². The second-order valence-electron chi connectivity index (χ2n) is 6.50. The Morgan fingerprint density at radius 3 is 2.45 bits per heavy atom. The summed E-state index contributed by atoms with van der Waals surface area (Å²) in [6.07, 6.45) is 0.896. The Morgan fingerprint density at radius 2 is 1.91 bits per heavy atom. The van der Waals surface area contributed by atoms with Crippen LogP contribution in [0.1, 0.15) is 41.6 Å². The van der Waals surface area contributed by atoms with Gasteiger partial charge in [-0.15, -0.1) is 11.3 Å². The quantitative estimate of drug-likeness (QED) is 0.751. The van der Waals surface area contributed by atoms with Gasteiger partial charge in [0.05, 0.1) is 6.57 Å². The van der Waals surface area contributed by atoms with Crippen molar-refractivity contribution in [3.05, 3.63) is 57.8 Å². The van der Waals surface area contributed by atoms with Crippen LogP contribution in [-0.4, -0.2) is 5.91 Å². The lowest BCUT2D eigenvalue weighted by Crippen LogP contribution is -2.10. The van der Waals surface area contributed by atoms with E-state index in [1.54, 1.807) is 12.1 Å². The number of nitrogens with one attached hydrogen (secondary N) is 1. The maximum absolute atomic E-state index is 12.3. The number of nitrogens with zero attached hydrogens (tertiary/aromatic N) is 1. The molecule has 0 bridgehead atoms. The second kappa shape index (κ2) is 6.33. The molecule has 0 fully saturated rings. The minimum absolute atomic E-state index is 0.148. The summed E-state index contributed by atoms with van der Waals surface area (Å²) in [4.78, 5) is 17.1. The Bertz CT molecular complexity index is 718. The van der Waals surface area contributed by atoms with Crippen LogP contribution in [0.25, 0.3) is 4.85 Å². The predicted octanol–water partition coefficient (Wildman–Crippen LogP) is 5.45. The summed E-state index contributed by atoms with van der Waals surface area (Å²) in [5.74, 6) is -0.172. The number of carbonyl (C=O) groups excluding carboxylic acids is 1. The predicted molar refractivity (Wildman–Crippen MR) is 92.9 cm³/mol. The largest absolute Gasteiger partial charge is 0.322 e. The summed E-state index contributed by atoms with van der Waals surface area (Å²) >= 11 is 1.51. The van der Waals surface area contributed by atoms with Crippen molar-refractivity contribution in [2.75, 3.05) is 5.32 Å². The molecule has 0 aliphatic heterocycles. The summed E-state index contributed by atoms with van der Waals surface area (Å²) in [6.45, 7) is 15.9. The van der Waals surface area contributed by atoms with Crippen molar-refractivity contribution in [2.45, 2.75) is 34.1 Å². The highest BCUT2D eigenvalue weighted by Gasteiger charge is 2.21. The van der Waals surface area contributed by atoms with E-state index >= 15 is 0 Å². The minimum Gasteiger partial charge on any atom is -0.322 e. The number of amides is 1. The maximum atomic E-state index is 12.3. The summed E-state index contributed by atoms with van der Waals surface area (Å²) in [6, 6.07) is 9.07. The van der Waals surface area contributed by atoms with Gasteiger partial charge < -0.3 is 5.32 Å². The third-order valence-electron chi connectivity index (χ3n) is 3.28. The average Bonchev–Trinajstić information content (AvgIpc) is 2.73. The molecule has 3 nitrogen and oxygen atoms in total. The molecule has 0 unspecified atom stereocenters. The summed E-state index contributed by atoms with van der Waals surface area (Å²) < 4.78 is 0. The van der Waals surface area contributed by atoms with Gasteiger partial charge in [-0.05, 0) is 41.3 Å². The fraction of sp³-hybridized carbons (Fsp3) is 0.333. The lowest BCUT2D eigenvalue weighted by atomic mass is 9.90. The molecule has 1 aromatic carbocycles. The van der Waals surface area contributed by atoms with Gasteiger partial charge in [0.25, 0.3) is 5.91 Å². The van der Waals surface area contributed by atoms with E-state index in [-0.39, 0.29) is 11.3 Å². The van der Waals surface area contributed by atoms with Gasteiger partial charge in [0.15, 0.2) is 0 Å². The molecule has 0 atom stereocenters. The molecule has 0 saturated heterocycles. The van der Waals surface area contributed by atoms with Crippen molar-refractivity contribution < 1.29 is 4.79 Å². The van der Waals surface area contributed by atoms with E-state index in [4.69, 9.17) is 6.57 Å². The van der Waals surface area contributed by atoms with Crippen LogP contribution in [0.5, 0.6) is 0 Å². The fourth-order valence-corrected chi connectivity index (χ4v) is 3.63. The fourth-order valence-electron chi connectivity index (χ4n) is 2.18. The lowest BCUT2D eigenvalue weighted by molar-refractivity contribution is 0.102. The maximum Gasteiger partial charge on any atom is 0.255 e. The molecule has 1 N–H and O–H groups in total. The van der Waals surface area contributed by atoms with Gasteiger partial charge in [0.2, 0.25) is 5.69 Å². The molecule has 1 amide bonds. The zero-order valence-corrected chi connectivity index (χ0v) is 14.2. The molecule has 0 aliphatic rings. The second-order valence-corrected chi connectivity index (χ2v) is 7.60. The van der Waals surface area contributed by atoms with Crippen molar-refractivity contribution in [1.82, 2.24) is 0 Å². The van der Waals surface area contributed by atoms with Gasteiger partial charge in [-0.3, -0.25) is 4.79 Å². The number of rotatable bonds is 3. The molecule has 1 heterocycles.